The number of imidazole rings is 1. The van der Waals surface area contributed by atoms with Gasteiger partial charge in [0.2, 0.25) is 0 Å². The highest BCUT2D eigenvalue weighted by atomic mass is 32.1. The summed E-state index contributed by atoms with van der Waals surface area (Å²) in [4.78, 5) is 16.5. The van der Waals surface area contributed by atoms with Crippen molar-refractivity contribution in [3.63, 3.8) is 0 Å². The predicted molar refractivity (Wildman–Crippen MR) is 81.0 cm³/mol. The van der Waals surface area contributed by atoms with Gasteiger partial charge in [-0.3, -0.25) is 9.20 Å². The minimum atomic E-state index is -0.877. The topological polar surface area (TPSA) is 63.8 Å². The summed E-state index contributed by atoms with van der Waals surface area (Å²) in [7, 11) is 0. The summed E-state index contributed by atoms with van der Waals surface area (Å²) < 4.78 is 7.46. The molecule has 3 rings (SSSR count). The number of para-hydroxylation sites is 1. The van der Waals surface area contributed by atoms with Gasteiger partial charge >= 0.3 is 5.97 Å². The number of ether oxygens (including phenoxy) is 1. The molecule has 1 N–H and O–H groups in total. The molecule has 2 aromatic heterocycles. The fourth-order valence-corrected chi connectivity index (χ4v) is 3.04. The van der Waals surface area contributed by atoms with Gasteiger partial charge in [0, 0.05) is 17.1 Å². The summed E-state index contributed by atoms with van der Waals surface area (Å²) >= 11 is 1.48. The standard InChI is InChI=1S/C15H14N2O3S/c1-2-20-12-6-4-3-5-10(12)14-11(9-13(18)19)17-7-8-21-15(17)16-14/h3-8H,2,9H2,1H3,(H,18,19). The van der Waals surface area contributed by atoms with E-state index in [4.69, 9.17) is 9.84 Å². The van der Waals surface area contributed by atoms with Gasteiger partial charge in [-0.15, -0.1) is 11.3 Å². The quantitative estimate of drug-likeness (QED) is 0.786. The number of aromatic nitrogens is 2. The Bertz CT molecular complexity index is 791. The third kappa shape index (κ3) is 2.50. The molecule has 0 spiro atoms. The molecule has 0 fully saturated rings. The largest absolute Gasteiger partial charge is 0.493 e. The van der Waals surface area contributed by atoms with Gasteiger partial charge < -0.3 is 9.84 Å². The second-order valence-electron chi connectivity index (χ2n) is 4.46. The van der Waals surface area contributed by atoms with Crippen LogP contribution in [0.4, 0.5) is 0 Å². The van der Waals surface area contributed by atoms with Crippen molar-refractivity contribution in [1.82, 2.24) is 9.38 Å². The van der Waals surface area contributed by atoms with Crippen molar-refractivity contribution in [3.05, 3.63) is 41.5 Å². The molecule has 2 heterocycles. The van der Waals surface area contributed by atoms with Gasteiger partial charge in [0.25, 0.3) is 0 Å². The predicted octanol–water partition coefficient (Wildman–Crippen LogP) is 3.09. The monoisotopic (exact) mass is 302 g/mol. The summed E-state index contributed by atoms with van der Waals surface area (Å²) in [5.41, 5.74) is 2.17. The fraction of sp³-hybridized carbons (Fsp3) is 0.200. The van der Waals surface area contributed by atoms with Gasteiger partial charge in [-0.05, 0) is 19.1 Å². The minimum absolute atomic E-state index is 0.0757. The third-order valence-electron chi connectivity index (χ3n) is 3.12. The smallest absolute Gasteiger partial charge is 0.309 e. The van der Waals surface area contributed by atoms with E-state index >= 15 is 0 Å². The van der Waals surface area contributed by atoms with Gasteiger partial charge in [-0.2, -0.15) is 0 Å². The Labute approximate surface area is 125 Å². The maximum absolute atomic E-state index is 11.2. The zero-order valence-corrected chi connectivity index (χ0v) is 12.3. The summed E-state index contributed by atoms with van der Waals surface area (Å²) in [6.07, 6.45) is 1.77. The van der Waals surface area contributed by atoms with Crippen molar-refractivity contribution in [2.75, 3.05) is 6.61 Å². The molecule has 0 aliphatic carbocycles. The van der Waals surface area contributed by atoms with Crippen molar-refractivity contribution in [2.45, 2.75) is 13.3 Å². The number of carboxylic acids is 1. The van der Waals surface area contributed by atoms with E-state index in [0.29, 0.717) is 18.0 Å². The fourth-order valence-electron chi connectivity index (χ4n) is 2.30. The first-order chi connectivity index (χ1) is 10.2. The highest BCUT2D eigenvalue weighted by Crippen LogP contribution is 2.33. The number of carbonyl (C=O) groups is 1. The highest BCUT2D eigenvalue weighted by molar-refractivity contribution is 7.15. The third-order valence-corrected chi connectivity index (χ3v) is 3.88. The number of thiazole rings is 1. The molecule has 1 aromatic carbocycles. The van der Waals surface area contributed by atoms with E-state index in [-0.39, 0.29) is 6.42 Å². The van der Waals surface area contributed by atoms with E-state index in [1.165, 1.54) is 11.3 Å². The molecule has 0 amide bonds. The van der Waals surface area contributed by atoms with Gasteiger partial charge in [-0.1, -0.05) is 12.1 Å². The number of nitrogens with zero attached hydrogens (tertiary/aromatic N) is 2. The van der Waals surface area contributed by atoms with Crippen LogP contribution >= 0.6 is 11.3 Å². The first-order valence-corrected chi connectivity index (χ1v) is 7.47. The van der Waals surface area contributed by atoms with Crippen LogP contribution in [0.3, 0.4) is 0 Å². The second kappa shape index (κ2) is 5.57. The van der Waals surface area contributed by atoms with Crippen LogP contribution in [0.25, 0.3) is 16.2 Å². The molecule has 0 aliphatic rings. The minimum Gasteiger partial charge on any atom is -0.493 e. The molecule has 0 saturated carbocycles. The van der Waals surface area contributed by atoms with Crippen LogP contribution in [0.5, 0.6) is 5.75 Å². The molecule has 5 nitrogen and oxygen atoms in total. The Balaban J connectivity index is 2.19. The molecule has 3 aromatic rings. The summed E-state index contributed by atoms with van der Waals surface area (Å²) in [6.45, 7) is 2.47. The van der Waals surface area contributed by atoms with Crippen molar-refractivity contribution < 1.29 is 14.6 Å². The maximum atomic E-state index is 11.2. The van der Waals surface area contributed by atoms with E-state index in [0.717, 1.165) is 16.3 Å². The Morgan fingerprint density at radius 2 is 2.24 bits per heavy atom. The number of benzene rings is 1. The Morgan fingerprint density at radius 1 is 1.43 bits per heavy atom. The highest BCUT2D eigenvalue weighted by Gasteiger charge is 2.19. The molecule has 0 bridgehead atoms. The summed E-state index contributed by atoms with van der Waals surface area (Å²) in [5, 5.41) is 11.1. The molecule has 21 heavy (non-hydrogen) atoms. The van der Waals surface area contributed by atoms with Gasteiger partial charge in [0.1, 0.15) is 5.75 Å². The molecule has 6 heteroatoms. The number of hydrogen-bond donors (Lipinski definition) is 1. The lowest BCUT2D eigenvalue weighted by atomic mass is 10.1. The molecule has 0 aliphatic heterocycles. The first kappa shape index (κ1) is 13.6. The van der Waals surface area contributed by atoms with E-state index < -0.39 is 5.97 Å². The zero-order chi connectivity index (χ0) is 14.8. The van der Waals surface area contributed by atoms with Crippen LogP contribution in [0.1, 0.15) is 12.6 Å². The number of hydrogen-bond acceptors (Lipinski definition) is 4. The van der Waals surface area contributed by atoms with Crippen LogP contribution in [-0.4, -0.2) is 27.1 Å². The lowest BCUT2D eigenvalue weighted by molar-refractivity contribution is -0.136. The van der Waals surface area contributed by atoms with Crippen LogP contribution in [0.15, 0.2) is 35.8 Å². The van der Waals surface area contributed by atoms with E-state index in [9.17, 15) is 4.79 Å². The Kier molecular flexibility index (Phi) is 3.62. The van der Waals surface area contributed by atoms with Crippen LogP contribution in [0.2, 0.25) is 0 Å². The molecular formula is C15H14N2O3S. The van der Waals surface area contributed by atoms with E-state index in [1.807, 2.05) is 47.2 Å². The lowest BCUT2D eigenvalue weighted by Gasteiger charge is -2.09. The first-order valence-electron chi connectivity index (χ1n) is 6.59. The molecule has 0 saturated heterocycles. The van der Waals surface area contributed by atoms with Crippen molar-refractivity contribution in [3.8, 4) is 17.0 Å². The van der Waals surface area contributed by atoms with E-state index in [1.54, 1.807) is 0 Å². The van der Waals surface area contributed by atoms with Gasteiger partial charge in [-0.25, -0.2) is 4.98 Å². The molecule has 0 unspecified atom stereocenters. The number of fused-ring (bicyclic) bond motifs is 1. The normalized spacial score (nSPS) is 10.9. The van der Waals surface area contributed by atoms with Gasteiger partial charge in [0.05, 0.1) is 24.4 Å². The number of carboxylic acid groups (broad SMARTS) is 1. The number of rotatable bonds is 5. The van der Waals surface area contributed by atoms with E-state index in [2.05, 4.69) is 4.98 Å². The average molecular weight is 302 g/mol. The van der Waals surface area contributed by atoms with Crippen LogP contribution < -0.4 is 4.74 Å². The molecule has 0 atom stereocenters. The number of aliphatic carboxylic acids is 1. The average Bonchev–Trinajstić information content (AvgIpc) is 3.02. The molecule has 0 radical (unpaired) electrons. The van der Waals surface area contributed by atoms with Crippen LogP contribution in [0, 0.1) is 0 Å². The SMILES string of the molecule is CCOc1ccccc1-c1nc2sccn2c1CC(=O)O. The lowest BCUT2D eigenvalue weighted by Crippen LogP contribution is -2.04. The molecular weight excluding hydrogens is 288 g/mol. The zero-order valence-electron chi connectivity index (χ0n) is 11.4. The van der Waals surface area contributed by atoms with Gasteiger partial charge in [0.15, 0.2) is 4.96 Å². The van der Waals surface area contributed by atoms with Crippen molar-refractivity contribution >= 4 is 22.3 Å². The summed E-state index contributed by atoms with van der Waals surface area (Å²) in [6, 6.07) is 7.57. The van der Waals surface area contributed by atoms with Crippen LogP contribution in [-0.2, 0) is 11.2 Å². The maximum Gasteiger partial charge on any atom is 0.309 e. The van der Waals surface area contributed by atoms with Crippen molar-refractivity contribution in [1.29, 1.82) is 0 Å². The Hall–Kier alpha value is -2.34. The van der Waals surface area contributed by atoms with Crippen molar-refractivity contribution in [2.24, 2.45) is 0 Å². The Morgan fingerprint density at radius 3 is 3.00 bits per heavy atom. The summed E-state index contributed by atoms with van der Waals surface area (Å²) in [5.74, 6) is -0.157. The molecule has 108 valence electrons. The second-order valence-corrected chi connectivity index (χ2v) is 5.34.